The summed E-state index contributed by atoms with van der Waals surface area (Å²) in [6.07, 6.45) is 3.52. The molecule has 0 saturated carbocycles. The van der Waals surface area contributed by atoms with Gasteiger partial charge >= 0.3 is 0 Å². The van der Waals surface area contributed by atoms with Crippen LogP contribution in [0.5, 0.6) is 0 Å². The Morgan fingerprint density at radius 2 is 1.65 bits per heavy atom. The van der Waals surface area contributed by atoms with Crippen molar-refractivity contribution in [2.45, 2.75) is 0 Å². The summed E-state index contributed by atoms with van der Waals surface area (Å²) >= 11 is 0. The Bertz CT molecular complexity index is 907. The summed E-state index contributed by atoms with van der Waals surface area (Å²) in [7, 11) is 2.06. The number of para-hydroxylation sites is 1. The SMILES string of the molecule is Bc1ccccc1NC1=Nc2cccnc2-c2ncccc2N1. The molecule has 1 aliphatic rings. The van der Waals surface area contributed by atoms with Gasteiger partial charge in [0.1, 0.15) is 19.2 Å². The Balaban J connectivity index is 1.81. The van der Waals surface area contributed by atoms with Gasteiger partial charge in [-0.1, -0.05) is 23.7 Å². The Morgan fingerprint density at radius 1 is 0.870 bits per heavy atom. The third kappa shape index (κ3) is 2.55. The molecule has 1 aromatic carbocycles. The van der Waals surface area contributed by atoms with E-state index >= 15 is 0 Å². The third-order valence-corrected chi connectivity index (χ3v) is 3.70. The average molecular weight is 299 g/mol. The lowest BCUT2D eigenvalue weighted by molar-refractivity contribution is 1.25. The van der Waals surface area contributed by atoms with Crippen molar-refractivity contribution in [2.75, 3.05) is 10.6 Å². The largest absolute Gasteiger partial charge is 0.326 e. The van der Waals surface area contributed by atoms with Gasteiger partial charge in [-0.3, -0.25) is 9.97 Å². The molecule has 6 heteroatoms. The van der Waals surface area contributed by atoms with Gasteiger partial charge in [0.15, 0.2) is 0 Å². The normalized spacial score (nSPS) is 12.3. The first-order valence-corrected chi connectivity index (χ1v) is 7.40. The molecule has 0 saturated heterocycles. The number of rotatable bonds is 1. The van der Waals surface area contributed by atoms with Crippen LogP contribution in [0.1, 0.15) is 0 Å². The lowest BCUT2D eigenvalue weighted by Crippen LogP contribution is -2.25. The van der Waals surface area contributed by atoms with Crippen molar-refractivity contribution in [3.05, 3.63) is 60.9 Å². The second-order valence-electron chi connectivity index (χ2n) is 5.30. The highest BCUT2D eigenvalue weighted by Crippen LogP contribution is 2.33. The van der Waals surface area contributed by atoms with Crippen LogP contribution in [-0.2, 0) is 0 Å². The molecule has 23 heavy (non-hydrogen) atoms. The Hall–Kier alpha value is -3.15. The van der Waals surface area contributed by atoms with Crippen LogP contribution >= 0.6 is 0 Å². The van der Waals surface area contributed by atoms with Gasteiger partial charge in [-0.15, -0.1) is 0 Å². The Morgan fingerprint density at radius 3 is 2.52 bits per heavy atom. The zero-order valence-corrected chi connectivity index (χ0v) is 12.6. The van der Waals surface area contributed by atoms with E-state index < -0.39 is 0 Å². The van der Waals surface area contributed by atoms with Gasteiger partial charge in [-0.2, -0.15) is 0 Å². The van der Waals surface area contributed by atoms with Gasteiger partial charge in [0.25, 0.3) is 0 Å². The number of aromatic nitrogens is 2. The molecular formula is C17H14BN5. The first kappa shape index (κ1) is 13.5. The Kier molecular flexibility index (Phi) is 3.27. The lowest BCUT2D eigenvalue weighted by atomic mass is 9.94. The average Bonchev–Trinajstić information content (AvgIpc) is 2.73. The second kappa shape index (κ2) is 5.57. The van der Waals surface area contributed by atoms with Gasteiger partial charge in [0, 0.05) is 18.1 Å². The maximum Gasteiger partial charge on any atom is 0.205 e. The van der Waals surface area contributed by atoms with Gasteiger partial charge in [0.2, 0.25) is 5.96 Å². The fraction of sp³-hybridized carbons (Fsp3) is 0. The first-order chi connectivity index (χ1) is 11.3. The molecule has 5 nitrogen and oxygen atoms in total. The minimum atomic E-state index is 0.653. The molecule has 2 aromatic heterocycles. The minimum absolute atomic E-state index is 0.653. The molecular weight excluding hydrogens is 285 g/mol. The van der Waals surface area contributed by atoms with Crippen molar-refractivity contribution in [1.82, 2.24) is 9.97 Å². The number of fused-ring (bicyclic) bond motifs is 3. The molecule has 0 spiro atoms. The quantitative estimate of drug-likeness (QED) is 0.674. The van der Waals surface area contributed by atoms with Crippen LogP contribution in [0.15, 0.2) is 65.9 Å². The predicted molar refractivity (Wildman–Crippen MR) is 96.4 cm³/mol. The van der Waals surface area contributed by atoms with E-state index in [-0.39, 0.29) is 0 Å². The highest BCUT2D eigenvalue weighted by molar-refractivity contribution is 6.36. The summed E-state index contributed by atoms with van der Waals surface area (Å²) in [5.74, 6) is 0.653. The number of hydrogen-bond donors (Lipinski definition) is 2. The second-order valence-corrected chi connectivity index (χ2v) is 5.30. The summed E-state index contributed by atoms with van der Waals surface area (Å²) in [5, 5.41) is 6.67. The number of nitrogens with one attached hydrogen (secondary N) is 2. The summed E-state index contributed by atoms with van der Waals surface area (Å²) < 4.78 is 0. The highest BCUT2D eigenvalue weighted by atomic mass is 15.2. The molecule has 0 bridgehead atoms. The van der Waals surface area contributed by atoms with Gasteiger partial charge in [0.05, 0.1) is 11.4 Å². The standard InChI is InChI=1S/C17H14BN5/c18-11-5-1-2-6-12(11)21-17-22-13-7-3-9-19-15(13)16-14(23-17)8-4-10-20-16/h1-10H,18H2,(H2,21,22,23). The summed E-state index contributed by atoms with van der Waals surface area (Å²) in [4.78, 5) is 13.6. The van der Waals surface area contributed by atoms with Crippen molar-refractivity contribution in [3.63, 3.8) is 0 Å². The molecule has 4 rings (SSSR count). The van der Waals surface area contributed by atoms with Gasteiger partial charge in [-0.05, 0) is 30.3 Å². The van der Waals surface area contributed by atoms with Crippen LogP contribution in [0.2, 0.25) is 0 Å². The molecule has 3 heterocycles. The number of nitrogens with zero attached hydrogens (tertiary/aromatic N) is 3. The lowest BCUT2D eigenvalue weighted by Gasteiger charge is -2.13. The van der Waals surface area contributed by atoms with E-state index in [2.05, 4.69) is 39.5 Å². The van der Waals surface area contributed by atoms with Crippen molar-refractivity contribution in [2.24, 2.45) is 4.99 Å². The number of pyridine rings is 2. The number of benzene rings is 1. The molecule has 0 amide bonds. The minimum Gasteiger partial charge on any atom is -0.326 e. The third-order valence-electron chi connectivity index (χ3n) is 3.70. The van der Waals surface area contributed by atoms with E-state index in [1.807, 2.05) is 42.5 Å². The van der Waals surface area contributed by atoms with Crippen LogP contribution in [0, 0.1) is 0 Å². The smallest absolute Gasteiger partial charge is 0.205 e. The van der Waals surface area contributed by atoms with Crippen molar-refractivity contribution in [1.29, 1.82) is 0 Å². The highest BCUT2D eigenvalue weighted by Gasteiger charge is 2.18. The summed E-state index contributed by atoms with van der Waals surface area (Å²) in [6, 6.07) is 15.8. The van der Waals surface area contributed by atoms with Crippen molar-refractivity contribution >= 4 is 36.3 Å². The van der Waals surface area contributed by atoms with Crippen molar-refractivity contribution < 1.29 is 0 Å². The van der Waals surface area contributed by atoms with E-state index in [1.165, 1.54) is 0 Å². The molecule has 0 atom stereocenters. The summed E-state index contributed by atoms with van der Waals surface area (Å²) in [6.45, 7) is 0. The molecule has 1 aliphatic heterocycles. The zero-order chi connectivity index (χ0) is 15.6. The van der Waals surface area contributed by atoms with E-state index in [9.17, 15) is 0 Å². The van der Waals surface area contributed by atoms with Crippen LogP contribution < -0.4 is 16.1 Å². The molecule has 0 unspecified atom stereocenters. The van der Waals surface area contributed by atoms with Crippen LogP contribution in [0.3, 0.4) is 0 Å². The molecule has 110 valence electrons. The Labute approximate surface area is 134 Å². The molecule has 0 aliphatic carbocycles. The molecule has 0 fully saturated rings. The van der Waals surface area contributed by atoms with Crippen molar-refractivity contribution in [3.8, 4) is 11.4 Å². The van der Waals surface area contributed by atoms with Crippen LogP contribution in [-0.4, -0.2) is 23.8 Å². The van der Waals surface area contributed by atoms with Gasteiger partial charge in [-0.25, -0.2) is 4.99 Å². The van der Waals surface area contributed by atoms with E-state index in [1.54, 1.807) is 12.4 Å². The molecule has 3 aromatic rings. The zero-order valence-electron chi connectivity index (χ0n) is 12.6. The topological polar surface area (TPSA) is 62.2 Å². The van der Waals surface area contributed by atoms with E-state index in [4.69, 9.17) is 0 Å². The molecule has 2 N–H and O–H groups in total. The number of aliphatic imine (C=N–C) groups is 1. The maximum atomic E-state index is 4.68. The molecule has 0 radical (unpaired) electrons. The number of hydrogen-bond acceptors (Lipinski definition) is 5. The van der Waals surface area contributed by atoms with E-state index in [0.717, 1.165) is 33.9 Å². The fourth-order valence-electron chi connectivity index (χ4n) is 2.54. The van der Waals surface area contributed by atoms with Crippen LogP contribution in [0.4, 0.5) is 17.1 Å². The van der Waals surface area contributed by atoms with Crippen LogP contribution in [0.25, 0.3) is 11.4 Å². The number of guanidine groups is 1. The predicted octanol–water partition coefficient (Wildman–Crippen LogP) is 1.93. The van der Waals surface area contributed by atoms with Gasteiger partial charge < -0.3 is 10.6 Å². The summed E-state index contributed by atoms with van der Waals surface area (Å²) in [5.41, 5.74) is 5.40. The number of anilines is 2. The fourth-order valence-corrected chi connectivity index (χ4v) is 2.54. The maximum absolute atomic E-state index is 4.68. The first-order valence-electron chi connectivity index (χ1n) is 7.40. The monoisotopic (exact) mass is 299 g/mol. The van der Waals surface area contributed by atoms with E-state index in [0.29, 0.717) is 5.96 Å².